The Labute approximate surface area is 158 Å². The molecular weight excluding hydrogens is 344 g/mol. The van der Waals surface area contributed by atoms with Crippen molar-refractivity contribution in [3.05, 3.63) is 17.8 Å². The zero-order valence-electron chi connectivity index (χ0n) is 16.2. The van der Waals surface area contributed by atoms with Gasteiger partial charge >= 0.3 is 6.03 Å². The van der Waals surface area contributed by atoms with E-state index < -0.39 is 0 Å². The van der Waals surface area contributed by atoms with Gasteiger partial charge in [-0.25, -0.2) is 19.6 Å². The second-order valence-corrected chi connectivity index (χ2v) is 8.66. The Hall–Kier alpha value is -2.73. The molecule has 2 atom stereocenters. The predicted molar refractivity (Wildman–Crippen MR) is 103 cm³/mol. The van der Waals surface area contributed by atoms with Crippen molar-refractivity contribution in [3.63, 3.8) is 0 Å². The number of carbonyl (C=O) groups is 1. The van der Waals surface area contributed by atoms with Crippen molar-refractivity contribution in [3.8, 4) is 0 Å². The first-order valence-electron chi connectivity index (χ1n) is 9.13. The average molecular weight is 370 g/mol. The summed E-state index contributed by atoms with van der Waals surface area (Å²) in [7, 11) is 0. The lowest BCUT2D eigenvalue weighted by atomic mass is 9.63. The number of anilines is 1. The minimum atomic E-state index is -0.316. The maximum atomic E-state index is 12.4. The number of aromatic amines is 1. The standard InChI is InChI=1S/C19H26N6O2/c1-12-5-6-14-15(22-12)24-25-16(14)23-17(27)20-10-19(4)8-13(21-11-26)7-18(2,3)9-19/h5-6,13H,7-10H2,1-4H3,(H3,20,22,23,24,25,27). The summed E-state index contributed by atoms with van der Waals surface area (Å²) < 4.78 is 0. The third kappa shape index (κ3) is 4.52. The summed E-state index contributed by atoms with van der Waals surface area (Å²) in [5, 5.41) is 13.4. The second-order valence-electron chi connectivity index (χ2n) is 8.66. The molecule has 2 heterocycles. The number of aromatic nitrogens is 3. The zero-order valence-corrected chi connectivity index (χ0v) is 16.2. The van der Waals surface area contributed by atoms with Gasteiger partial charge in [-0.1, -0.05) is 20.8 Å². The third-order valence-corrected chi connectivity index (χ3v) is 5.13. The number of nitrogens with zero attached hydrogens (tertiary/aromatic N) is 3. The smallest absolute Gasteiger partial charge is 0.320 e. The van der Waals surface area contributed by atoms with Crippen LogP contribution < -0.4 is 10.6 Å². The van der Waals surface area contributed by atoms with Crippen molar-refractivity contribution in [2.45, 2.75) is 53.0 Å². The van der Waals surface area contributed by atoms with Gasteiger partial charge in [-0.3, -0.25) is 10.4 Å². The number of H-pyrrole nitrogens is 1. The molecule has 2 unspecified atom stereocenters. The van der Waals surface area contributed by atoms with Crippen molar-refractivity contribution in [2.24, 2.45) is 15.8 Å². The molecular formula is C19H26N6O2. The van der Waals surface area contributed by atoms with E-state index in [2.05, 4.69) is 51.6 Å². The normalized spacial score (nSPS) is 24.2. The van der Waals surface area contributed by atoms with Crippen molar-refractivity contribution in [2.75, 3.05) is 11.9 Å². The van der Waals surface area contributed by atoms with Crippen LogP contribution in [0.15, 0.2) is 17.1 Å². The van der Waals surface area contributed by atoms with E-state index in [1.807, 2.05) is 19.1 Å². The molecule has 8 nitrogen and oxygen atoms in total. The summed E-state index contributed by atoms with van der Waals surface area (Å²) in [6.45, 7) is 8.85. The van der Waals surface area contributed by atoms with Crippen molar-refractivity contribution in [1.29, 1.82) is 0 Å². The first kappa shape index (κ1) is 19.0. The van der Waals surface area contributed by atoms with Crippen LogP contribution in [-0.4, -0.2) is 39.9 Å². The molecule has 0 spiro atoms. The molecule has 144 valence electrons. The fourth-order valence-corrected chi connectivity index (χ4v) is 4.42. The molecule has 0 bridgehead atoms. The number of pyridine rings is 1. The molecule has 0 saturated heterocycles. The summed E-state index contributed by atoms with van der Waals surface area (Å²) in [6.07, 6.45) is 4.24. The number of amides is 2. The van der Waals surface area contributed by atoms with Crippen LogP contribution in [0.2, 0.25) is 0 Å². The Morgan fingerprint density at radius 3 is 2.89 bits per heavy atom. The number of urea groups is 1. The second kappa shape index (κ2) is 7.12. The lowest BCUT2D eigenvalue weighted by Crippen LogP contribution is -2.45. The molecule has 0 aromatic carbocycles. The Balaban J connectivity index is 1.64. The summed E-state index contributed by atoms with van der Waals surface area (Å²) in [6, 6.07) is 3.39. The van der Waals surface area contributed by atoms with Gasteiger partial charge in [-0.05, 0) is 49.1 Å². The van der Waals surface area contributed by atoms with Gasteiger partial charge in [0.05, 0.1) is 11.4 Å². The summed E-state index contributed by atoms with van der Waals surface area (Å²) >= 11 is 0. The van der Waals surface area contributed by atoms with E-state index in [4.69, 9.17) is 0 Å². The topological polar surface area (TPSA) is 112 Å². The molecule has 2 aromatic rings. The number of fused-ring (bicyclic) bond motifs is 1. The molecule has 1 fully saturated rings. The van der Waals surface area contributed by atoms with Crippen LogP contribution in [0.4, 0.5) is 10.6 Å². The van der Waals surface area contributed by atoms with Crippen LogP contribution in [-0.2, 0) is 4.79 Å². The highest BCUT2D eigenvalue weighted by Crippen LogP contribution is 2.46. The van der Waals surface area contributed by atoms with Crippen LogP contribution in [0.25, 0.3) is 11.0 Å². The number of carbonyl (C=O) groups excluding carboxylic acids is 2. The van der Waals surface area contributed by atoms with Crippen LogP contribution in [0, 0.1) is 17.8 Å². The number of hydrogen-bond acceptors (Lipinski definition) is 5. The molecule has 1 saturated carbocycles. The minimum Gasteiger partial charge on any atom is -0.337 e. The first-order chi connectivity index (χ1) is 12.7. The van der Waals surface area contributed by atoms with Gasteiger partial charge in [-0.15, -0.1) is 0 Å². The Morgan fingerprint density at radius 1 is 1.37 bits per heavy atom. The fourth-order valence-electron chi connectivity index (χ4n) is 4.42. The predicted octanol–water partition coefficient (Wildman–Crippen LogP) is 3.31. The van der Waals surface area contributed by atoms with E-state index in [-0.39, 0.29) is 22.9 Å². The van der Waals surface area contributed by atoms with Gasteiger partial charge in [0, 0.05) is 12.2 Å². The van der Waals surface area contributed by atoms with Gasteiger partial charge < -0.3 is 5.32 Å². The lowest BCUT2D eigenvalue weighted by Gasteiger charge is -2.45. The van der Waals surface area contributed by atoms with E-state index >= 15 is 0 Å². The molecule has 27 heavy (non-hydrogen) atoms. The molecule has 0 aliphatic heterocycles. The van der Waals surface area contributed by atoms with E-state index in [0.717, 1.165) is 30.3 Å². The molecule has 8 heteroatoms. The largest absolute Gasteiger partial charge is 0.337 e. The van der Waals surface area contributed by atoms with Crippen molar-refractivity contribution < 1.29 is 9.59 Å². The van der Waals surface area contributed by atoms with Crippen molar-refractivity contribution >= 4 is 29.0 Å². The summed E-state index contributed by atoms with van der Waals surface area (Å²) in [4.78, 5) is 31.4. The van der Waals surface area contributed by atoms with Gasteiger partial charge in [0.15, 0.2) is 11.5 Å². The fraction of sp³-hybridized carbons (Fsp3) is 0.579. The Kier molecular flexibility index (Phi) is 5.02. The maximum absolute atomic E-state index is 12.4. The third-order valence-electron chi connectivity index (χ3n) is 5.13. The Bertz CT molecular complexity index is 899. The molecule has 0 radical (unpaired) electrons. The first-order valence-corrected chi connectivity index (χ1v) is 9.13. The average Bonchev–Trinajstić information content (AvgIpc) is 2.93. The molecule has 3 N–H and O–H groups in total. The summed E-state index contributed by atoms with van der Waals surface area (Å²) in [5.74, 6) is 0.451. The number of nitrogens with one attached hydrogen (secondary N) is 3. The van der Waals surface area contributed by atoms with E-state index in [1.54, 1.807) is 6.08 Å². The Morgan fingerprint density at radius 2 is 2.15 bits per heavy atom. The molecule has 3 rings (SSSR count). The molecule has 1 aliphatic rings. The van der Waals surface area contributed by atoms with Crippen LogP contribution in [0.1, 0.15) is 45.7 Å². The molecule has 1 aliphatic carbocycles. The SMILES string of the molecule is Cc1ccc2c(NC(=O)NCC3(C)CC(N=C=O)CC(C)(C)C3)n[nH]c2n1. The molecule has 2 aromatic heterocycles. The van der Waals surface area contributed by atoms with Gasteiger partial charge in [0.2, 0.25) is 6.08 Å². The van der Waals surface area contributed by atoms with Crippen LogP contribution in [0.3, 0.4) is 0 Å². The zero-order chi connectivity index (χ0) is 19.7. The maximum Gasteiger partial charge on any atom is 0.320 e. The van der Waals surface area contributed by atoms with Crippen molar-refractivity contribution in [1.82, 2.24) is 20.5 Å². The van der Waals surface area contributed by atoms with Crippen LogP contribution >= 0.6 is 0 Å². The monoisotopic (exact) mass is 370 g/mol. The number of hydrogen-bond donors (Lipinski definition) is 3. The van der Waals surface area contributed by atoms with E-state index in [9.17, 15) is 9.59 Å². The van der Waals surface area contributed by atoms with Gasteiger partial charge in [0.25, 0.3) is 0 Å². The highest BCUT2D eigenvalue weighted by Gasteiger charge is 2.41. The summed E-state index contributed by atoms with van der Waals surface area (Å²) in [5.41, 5.74) is 1.43. The van der Waals surface area contributed by atoms with E-state index in [1.165, 1.54) is 0 Å². The number of rotatable bonds is 4. The van der Waals surface area contributed by atoms with Crippen LogP contribution in [0.5, 0.6) is 0 Å². The quantitative estimate of drug-likeness (QED) is 0.566. The minimum absolute atomic E-state index is 0.0503. The number of isocyanates is 1. The van der Waals surface area contributed by atoms with E-state index in [0.29, 0.717) is 18.0 Å². The van der Waals surface area contributed by atoms with Gasteiger partial charge in [0.1, 0.15) is 0 Å². The highest BCUT2D eigenvalue weighted by molar-refractivity contribution is 5.97. The molecule has 2 amide bonds. The highest BCUT2D eigenvalue weighted by atomic mass is 16.2. The van der Waals surface area contributed by atoms with Gasteiger partial charge in [-0.2, -0.15) is 5.10 Å². The number of aliphatic imine (C=N–C) groups is 1. The lowest BCUT2D eigenvalue weighted by molar-refractivity contribution is 0.0855. The number of aryl methyl sites for hydroxylation is 1.